The highest BCUT2D eigenvalue weighted by Crippen LogP contribution is 2.13. The summed E-state index contributed by atoms with van der Waals surface area (Å²) in [6.45, 7) is 11.2. The van der Waals surface area contributed by atoms with E-state index in [1.54, 1.807) is 19.2 Å². The van der Waals surface area contributed by atoms with Gasteiger partial charge in [-0.15, -0.1) is 24.0 Å². The number of nitrogens with one attached hydrogen (secondary N) is 2. The lowest BCUT2D eigenvalue weighted by atomic mass is 10.3. The molecule has 0 saturated carbocycles. The first-order chi connectivity index (χ1) is 12.1. The number of hydrogen-bond acceptors (Lipinski definition) is 3. The van der Waals surface area contributed by atoms with Crippen LogP contribution in [-0.2, 0) is 0 Å². The van der Waals surface area contributed by atoms with Gasteiger partial charge in [-0.1, -0.05) is 19.9 Å². The Morgan fingerprint density at radius 2 is 1.96 bits per heavy atom. The fourth-order valence-electron chi connectivity index (χ4n) is 2.48. The Morgan fingerprint density at radius 3 is 2.58 bits per heavy atom. The van der Waals surface area contributed by atoms with Gasteiger partial charge in [-0.25, -0.2) is 4.39 Å². The molecule has 2 N–H and O–H groups in total. The fourth-order valence-corrected chi connectivity index (χ4v) is 2.48. The minimum Gasteiger partial charge on any atom is -0.489 e. The van der Waals surface area contributed by atoms with Crippen molar-refractivity contribution in [3.63, 3.8) is 0 Å². The summed E-state index contributed by atoms with van der Waals surface area (Å²) < 4.78 is 18.8. The molecule has 0 radical (unpaired) electrons. The van der Waals surface area contributed by atoms with E-state index in [0.29, 0.717) is 12.3 Å². The lowest BCUT2D eigenvalue weighted by Crippen LogP contribution is -2.42. The SMILES string of the molecule is CCN(CC)CCCCNC(=NC)NCC(C)Oc1cccc(F)c1.I. The molecule has 1 atom stereocenters. The van der Waals surface area contributed by atoms with Crippen LogP contribution < -0.4 is 15.4 Å². The molecule has 5 nitrogen and oxygen atoms in total. The van der Waals surface area contributed by atoms with E-state index in [4.69, 9.17) is 4.74 Å². The third-order valence-corrected chi connectivity index (χ3v) is 4.00. The van der Waals surface area contributed by atoms with Crippen molar-refractivity contribution in [1.29, 1.82) is 0 Å². The number of nitrogens with zero attached hydrogens (tertiary/aromatic N) is 2. The van der Waals surface area contributed by atoms with Crippen LogP contribution in [0.3, 0.4) is 0 Å². The van der Waals surface area contributed by atoms with Gasteiger partial charge in [0, 0.05) is 19.7 Å². The molecule has 0 aliphatic rings. The van der Waals surface area contributed by atoms with Crippen molar-refractivity contribution in [2.24, 2.45) is 4.99 Å². The van der Waals surface area contributed by atoms with Crippen LogP contribution in [0.2, 0.25) is 0 Å². The average Bonchev–Trinajstić information content (AvgIpc) is 2.60. The van der Waals surface area contributed by atoms with Gasteiger partial charge in [-0.3, -0.25) is 4.99 Å². The molecule has 0 spiro atoms. The van der Waals surface area contributed by atoms with E-state index in [9.17, 15) is 4.39 Å². The first-order valence-corrected chi connectivity index (χ1v) is 9.18. The summed E-state index contributed by atoms with van der Waals surface area (Å²) in [6, 6.07) is 6.19. The van der Waals surface area contributed by atoms with E-state index >= 15 is 0 Å². The van der Waals surface area contributed by atoms with Crippen molar-refractivity contribution in [2.75, 3.05) is 39.8 Å². The Hall–Kier alpha value is -1.09. The van der Waals surface area contributed by atoms with Crippen LogP contribution in [0.4, 0.5) is 4.39 Å². The topological polar surface area (TPSA) is 48.9 Å². The molecule has 26 heavy (non-hydrogen) atoms. The maximum Gasteiger partial charge on any atom is 0.191 e. The Morgan fingerprint density at radius 1 is 1.23 bits per heavy atom. The summed E-state index contributed by atoms with van der Waals surface area (Å²) in [5.74, 6) is 1.01. The number of aliphatic imine (C=N–C) groups is 1. The van der Waals surface area contributed by atoms with Gasteiger partial charge in [-0.05, 0) is 51.5 Å². The van der Waals surface area contributed by atoms with Gasteiger partial charge in [0.15, 0.2) is 5.96 Å². The van der Waals surface area contributed by atoms with Crippen LogP contribution in [0.5, 0.6) is 5.75 Å². The predicted octanol–water partition coefficient (Wildman–Crippen LogP) is 3.50. The van der Waals surface area contributed by atoms with Crippen LogP contribution in [-0.4, -0.2) is 56.7 Å². The van der Waals surface area contributed by atoms with Gasteiger partial charge >= 0.3 is 0 Å². The largest absolute Gasteiger partial charge is 0.489 e. The van der Waals surface area contributed by atoms with E-state index in [1.165, 1.54) is 18.6 Å². The van der Waals surface area contributed by atoms with Crippen LogP contribution in [0.15, 0.2) is 29.3 Å². The molecule has 0 fully saturated rings. The Balaban J connectivity index is 0.00000625. The first-order valence-electron chi connectivity index (χ1n) is 9.18. The first kappa shape index (κ1) is 24.9. The van der Waals surface area contributed by atoms with Gasteiger partial charge in [-0.2, -0.15) is 0 Å². The Kier molecular flexibility index (Phi) is 14.4. The molecule has 1 aromatic carbocycles. The van der Waals surface area contributed by atoms with Crippen LogP contribution >= 0.6 is 24.0 Å². The smallest absolute Gasteiger partial charge is 0.191 e. The summed E-state index contributed by atoms with van der Waals surface area (Å²) in [5, 5.41) is 6.55. The van der Waals surface area contributed by atoms with Gasteiger partial charge < -0.3 is 20.3 Å². The number of halogens is 2. The van der Waals surface area contributed by atoms with E-state index in [-0.39, 0.29) is 35.9 Å². The fraction of sp³-hybridized carbons (Fsp3) is 0.632. The van der Waals surface area contributed by atoms with Crippen molar-refractivity contribution in [1.82, 2.24) is 15.5 Å². The van der Waals surface area contributed by atoms with Crippen molar-refractivity contribution in [3.8, 4) is 5.75 Å². The van der Waals surface area contributed by atoms with Crippen LogP contribution in [0.1, 0.15) is 33.6 Å². The zero-order valence-corrected chi connectivity index (χ0v) is 18.8. The molecule has 0 bridgehead atoms. The van der Waals surface area contributed by atoms with Crippen molar-refractivity contribution in [2.45, 2.75) is 39.7 Å². The highest BCUT2D eigenvalue weighted by molar-refractivity contribution is 14.0. The van der Waals surface area contributed by atoms with E-state index < -0.39 is 0 Å². The lowest BCUT2D eigenvalue weighted by Gasteiger charge is -2.19. The molecule has 150 valence electrons. The molecule has 0 aliphatic carbocycles. The summed E-state index contributed by atoms with van der Waals surface area (Å²) in [5.41, 5.74) is 0. The molecule has 0 aromatic heterocycles. The second-order valence-electron chi connectivity index (χ2n) is 6.00. The Bertz CT molecular complexity index is 512. The molecule has 1 unspecified atom stereocenters. The molecule has 0 amide bonds. The van der Waals surface area contributed by atoms with Crippen LogP contribution in [0, 0.1) is 5.82 Å². The third-order valence-electron chi connectivity index (χ3n) is 4.00. The molecule has 7 heteroatoms. The zero-order chi connectivity index (χ0) is 18.5. The molecule has 1 rings (SSSR count). The maximum absolute atomic E-state index is 13.2. The van der Waals surface area contributed by atoms with Crippen molar-refractivity contribution >= 4 is 29.9 Å². The minimum atomic E-state index is -0.292. The maximum atomic E-state index is 13.2. The molecule has 0 heterocycles. The van der Waals surface area contributed by atoms with E-state index in [1.807, 2.05) is 6.92 Å². The second-order valence-corrected chi connectivity index (χ2v) is 6.00. The molecule has 1 aromatic rings. The number of unbranched alkanes of at least 4 members (excludes halogenated alkanes) is 1. The number of ether oxygens (including phenoxy) is 1. The predicted molar refractivity (Wildman–Crippen MR) is 118 cm³/mol. The molecular formula is C19H34FIN4O. The lowest BCUT2D eigenvalue weighted by molar-refractivity contribution is 0.223. The number of rotatable bonds is 11. The van der Waals surface area contributed by atoms with E-state index in [2.05, 4.69) is 34.4 Å². The number of benzene rings is 1. The second kappa shape index (κ2) is 15.0. The summed E-state index contributed by atoms with van der Waals surface area (Å²) in [4.78, 5) is 6.64. The monoisotopic (exact) mass is 480 g/mol. The van der Waals surface area contributed by atoms with E-state index in [0.717, 1.165) is 38.6 Å². The van der Waals surface area contributed by atoms with Gasteiger partial charge in [0.25, 0.3) is 0 Å². The highest BCUT2D eigenvalue weighted by Gasteiger charge is 2.06. The van der Waals surface area contributed by atoms with Crippen LogP contribution in [0.25, 0.3) is 0 Å². The average molecular weight is 480 g/mol. The normalized spacial score (nSPS) is 12.5. The Labute approximate surface area is 174 Å². The number of guanidine groups is 1. The zero-order valence-electron chi connectivity index (χ0n) is 16.4. The quantitative estimate of drug-likeness (QED) is 0.220. The standard InChI is InChI=1S/C19H33FN4O.HI/c1-5-24(6-2)13-8-7-12-22-19(21-4)23-15-16(3)25-18-11-9-10-17(20)14-18;/h9-11,14,16H,5-8,12-13,15H2,1-4H3,(H2,21,22,23);1H. The molecule has 0 aliphatic heterocycles. The van der Waals surface area contributed by atoms with Gasteiger partial charge in [0.05, 0.1) is 6.54 Å². The molecule has 0 saturated heterocycles. The summed E-state index contributed by atoms with van der Waals surface area (Å²) in [6.07, 6.45) is 2.18. The molecular weight excluding hydrogens is 446 g/mol. The van der Waals surface area contributed by atoms with Crippen molar-refractivity contribution in [3.05, 3.63) is 30.1 Å². The van der Waals surface area contributed by atoms with Crippen molar-refractivity contribution < 1.29 is 9.13 Å². The number of hydrogen-bond donors (Lipinski definition) is 2. The highest BCUT2D eigenvalue weighted by atomic mass is 127. The summed E-state index contributed by atoms with van der Waals surface area (Å²) in [7, 11) is 1.75. The minimum absolute atomic E-state index is 0. The summed E-state index contributed by atoms with van der Waals surface area (Å²) >= 11 is 0. The van der Waals surface area contributed by atoms with Gasteiger partial charge in [0.2, 0.25) is 0 Å². The third kappa shape index (κ3) is 10.8. The van der Waals surface area contributed by atoms with Gasteiger partial charge in [0.1, 0.15) is 17.7 Å².